The summed E-state index contributed by atoms with van der Waals surface area (Å²) in [5.74, 6) is -0.331. The largest absolute Gasteiger partial charge is 0.372 e. The van der Waals surface area contributed by atoms with E-state index < -0.39 is 6.04 Å². The number of carbonyl (C=O) groups excluding carboxylic acids is 1. The highest BCUT2D eigenvalue weighted by Crippen LogP contribution is 2.26. The van der Waals surface area contributed by atoms with Crippen LogP contribution >= 0.6 is 11.6 Å². The van der Waals surface area contributed by atoms with Crippen LogP contribution in [0.15, 0.2) is 24.3 Å². The van der Waals surface area contributed by atoms with Crippen molar-refractivity contribution in [2.45, 2.75) is 32.0 Å². The highest BCUT2D eigenvalue weighted by molar-refractivity contribution is 6.33. The molecule has 1 amide bonds. The maximum absolute atomic E-state index is 11.8. The van der Waals surface area contributed by atoms with Gasteiger partial charge in [0.1, 0.15) is 6.04 Å². The molecule has 5 nitrogen and oxygen atoms in total. The number of amides is 1. The van der Waals surface area contributed by atoms with Crippen molar-refractivity contribution in [2.75, 3.05) is 5.32 Å². The van der Waals surface area contributed by atoms with E-state index in [2.05, 4.69) is 16.2 Å². The van der Waals surface area contributed by atoms with Crippen LogP contribution in [0.4, 0.5) is 5.69 Å². The lowest BCUT2D eigenvalue weighted by atomic mass is 9.88. The van der Waals surface area contributed by atoms with Crippen molar-refractivity contribution >= 4 is 23.2 Å². The van der Waals surface area contributed by atoms with Crippen molar-refractivity contribution in [1.29, 1.82) is 0 Å². The van der Waals surface area contributed by atoms with E-state index in [0.29, 0.717) is 5.02 Å². The Morgan fingerprint density at radius 2 is 1.89 bits per heavy atom. The van der Waals surface area contributed by atoms with Crippen molar-refractivity contribution in [3.63, 3.8) is 0 Å². The lowest BCUT2D eigenvalue weighted by Crippen LogP contribution is -2.48. The van der Waals surface area contributed by atoms with E-state index in [1.54, 1.807) is 6.07 Å². The summed E-state index contributed by atoms with van der Waals surface area (Å²) in [6, 6.07) is 7.13. The third kappa shape index (κ3) is 3.00. The molecule has 1 aromatic rings. The number of hydrogen-bond donors (Lipinski definition) is 4. The van der Waals surface area contributed by atoms with Crippen molar-refractivity contribution in [2.24, 2.45) is 11.7 Å². The highest BCUT2D eigenvalue weighted by Gasteiger charge is 2.39. The van der Waals surface area contributed by atoms with Gasteiger partial charge in [0, 0.05) is 18.0 Å². The molecule has 5 N–H and O–H groups in total. The monoisotopic (exact) mass is 282 g/mol. The number of halogens is 1. The predicted molar refractivity (Wildman–Crippen MR) is 76.7 cm³/mol. The van der Waals surface area contributed by atoms with Gasteiger partial charge in [-0.05, 0) is 26.0 Å². The van der Waals surface area contributed by atoms with Crippen LogP contribution in [0.5, 0.6) is 0 Å². The number of nitrogens with two attached hydrogens (primary N) is 1. The van der Waals surface area contributed by atoms with Crippen molar-refractivity contribution in [3.8, 4) is 0 Å². The molecule has 0 bridgehead atoms. The minimum absolute atomic E-state index is 0.0498. The van der Waals surface area contributed by atoms with E-state index in [4.69, 9.17) is 17.3 Å². The lowest BCUT2D eigenvalue weighted by molar-refractivity contribution is -0.119. The number of rotatable bonds is 4. The predicted octanol–water partition coefficient (Wildman–Crippen LogP) is 1.11. The first-order chi connectivity index (χ1) is 9.00. The van der Waals surface area contributed by atoms with Crippen LogP contribution in [0.25, 0.3) is 0 Å². The van der Waals surface area contributed by atoms with Crippen LogP contribution in [0.2, 0.25) is 5.02 Å². The van der Waals surface area contributed by atoms with E-state index in [-0.39, 0.29) is 23.9 Å². The van der Waals surface area contributed by atoms with Gasteiger partial charge in [0.05, 0.1) is 10.7 Å². The van der Waals surface area contributed by atoms with Gasteiger partial charge < -0.3 is 11.1 Å². The SMILES string of the molecule is CC1NNC(C)C1C(Nc1ccccc1Cl)C(N)=O. The zero-order valence-corrected chi connectivity index (χ0v) is 11.7. The van der Waals surface area contributed by atoms with Gasteiger partial charge in [-0.2, -0.15) is 0 Å². The van der Waals surface area contributed by atoms with Gasteiger partial charge in [-0.1, -0.05) is 23.7 Å². The van der Waals surface area contributed by atoms with Gasteiger partial charge in [-0.3, -0.25) is 15.6 Å². The Hall–Kier alpha value is -1.30. The van der Waals surface area contributed by atoms with E-state index in [1.807, 2.05) is 32.0 Å². The number of nitrogens with one attached hydrogen (secondary N) is 3. The van der Waals surface area contributed by atoms with Crippen LogP contribution in [-0.2, 0) is 4.79 Å². The van der Waals surface area contributed by atoms with Crippen LogP contribution in [-0.4, -0.2) is 24.0 Å². The molecule has 1 aliphatic rings. The fourth-order valence-electron chi connectivity index (χ4n) is 2.57. The molecule has 3 unspecified atom stereocenters. The molecule has 0 aromatic heterocycles. The van der Waals surface area contributed by atoms with Gasteiger partial charge in [-0.25, -0.2) is 0 Å². The summed E-state index contributed by atoms with van der Waals surface area (Å²) < 4.78 is 0. The lowest BCUT2D eigenvalue weighted by Gasteiger charge is -2.28. The van der Waals surface area contributed by atoms with Crippen LogP contribution < -0.4 is 21.9 Å². The summed E-state index contributed by atoms with van der Waals surface area (Å²) in [6.45, 7) is 4.04. The number of para-hydroxylation sites is 1. The molecule has 1 saturated heterocycles. The fraction of sp³-hybridized carbons (Fsp3) is 0.462. The smallest absolute Gasteiger partial charge is 0.240 e. The maximum Gasteiger partial charge on any atom is 0.240 e. The molecule has 3 atom stereocenters. The molecule has 1 aromatic carbocycles. The summed E-state index contributed by atoms with van der Waals surface area (Å²) in [7, 11) is 0. The Morgan fingerprint density at radius 1 is 1.32 bits per heavy atom. The molecular weight excluding hydrogens is 264 g/mol. The van der Waals surface area contributed by atoms with E-state index in [0.717, 1.165) is 5.69 Å². The number of hydrazine groups is 1. The summed E-state index contributed by atoms with van der Waals surface area (Å²) in [4.78, 5) is 11.8. The maximum atomic E-state index is 11.8. The quantitative estimate of drug-likeness (QED) is 0.667. The summed E-state index contributed by atoms with van der Waals surface area (Å²) in [6.07, 6.45) is 0. The number of carbonyl (C=O) groups is 1. The zero-order valence-electron chi connectivity index (χ0n) is 11.0. The zero-order chi connectivity index (χ0) is 14.0. The molecule has 6 heteroatoms. The van der Waals surface area contributed by atoms with Gasteiger partial charge in [0.25, 0.3) is 0 Å². The molecular formula is C13H19ClN4O. The average Bonchev–Trinajstić information content (AvgIpc) is 2.68. The molecule has 104 valence electrons. The first-order valence-electron chi connectivity index (χ1n) is 6.32. The Morgan fingerprint density at radius 3 is 2.42 bits per heavy atom. The molecule has 0 spiro atoms. The van der Waals surface area contributed by atoms with Crippen LogP contribution in [0, 0.1) is 5.92 Å². The van der Waals surface area contributed by atoms with Gasteiger partial charge in [0.15, 0.2) is 0 Å². The average molecular weight is 283 g/mol. The van der Waals surface area contributed by atoms with Crippen molar-refractivity contribution < 1.29 is 4.79 Å². The van der Waals surface area contributed by atoms with E-state index in [1.165, 1.54) is 0 Å². The first-order valence-corrected chi connectivity index (χ1v) is 6.70. The minimum atomic E-state index is -0.479. The van der Waals surface area contributed by atoms with Crippen molar-refractivity contribution in [3.05, 3.63) is 29.3 Å². The number of hydrogen-bond acceptors (Lipinski definition) is 4. The third-order valence-corrected chi connectivity index (χ3v) is 3.90. The number of anilines is 1. The second-order valence-corrected chi connectivity index (χ2v) is 5.35. The van der Waals surface area contributed by atoms with Crippen molar-refractivity contribution in [1.82, 2.24) is 10.9 Å². The Bertz CT molecular complexity index is 458. The standard InChI is InChI=1S/C13H19ClN4O/c1-7-11(8(2)18-17-7)12(13(15)19)16-10-6-4-3-5-9(10)14/h3-8,11-12,16-18H,1-2H3,(H2,15,19). The molecule has 2 rings (SSSR count). The fourth-order valence-corrected chi connectivity index (χ4v) is 2.76. The topological polar surface area (TPSA) is 79.2 Å². The molecule has 0 saturated carbocycles. The summed E-state index contributed by atoms with van der Waals surface area (Å²) >= 11 is 6.11. The van der Waals surface area contributed by atoms with Gasteiger partial charge in [0.2, 0.25) is 5.91 Å². The Balaban J connectivity index is 2.22. The number of benzene rings is 1. The second-order valence-electron chi connectivity index (χ2n) is 4.95. The van der Waals surface area contributed by atoms with E-state index >= 15 is 0 Å². The molecule has 19 heavy (non-hydrogen) atoms. The van der Waals surface area contributed by atoms with Crippen LogP contribution in [0.1, 0.15) is 13.8 Å². The van der Waals surface area contributed by atoms with Gasteiger partial charge in [-0.15, -0.1) is 0 Å². The number of primary amides is 1. The second kappa shape index (κ2) is 5.77. The molecule has 1 fully saturated rings. The Kier molecular flexibility index (Phi) is 4.29. The third-order valence-electron chi connectivity index (χ3n) is 3.57. The highest BCUT2D eigenvalue weighted by atomic mass is 35.5. The summed E-state index contributed by atoms with van der Waals surface area (Å²) in [5, 5.41) is 3.74. The Labute approximate surface area is 117 Å². The van der Waals surface area contributed by atoms with Gasteiger partial charge >= 0.3 is 0 Å². The summed E-state index contributed by atoms with van der Waals surface area (Å²) in [5.41, 5.74) is 12.5. The first kappa shape index (κ1) is 14.1. The minimum Gasteiger partial charge on any atom is -0.372 e. The molecule has 0 radical (unpaired) electrons. The normalized spacial score (nSPS) is 28.1. The van der Waals surface area contributed by atoms with E-state index in [9.17, 15) is 4.79 Å². The van der Waals surface area contributed by atoms with Crippen LogP contribution in [0.3, 0.4) is 0 Å². The molecule has 1 heterocycles. The molecule has 1 aliphatic heterocycles. The molecule has 0 aliphatic carbocycles.